The Morgan fingerprint density at radius 3 is 2.25 bits per heavy atom. The largest absolute Gasteiger partial charge is 0.291 e. The van der Waals surface area contributed by atoms with Crippen molar-refractivity contribution in [1.82, 2.24) is 14.8 Å². The van der Waals surface area contributed by atoms with Crippen molar-refractivity contribution in [3.8, 4) is 0 Å². The van der Waals surface area contributed by atoms with Gasteiger partial charge in [0.1, 0.15) is 11.2 Å². The third kappa shape index (κ3) is 3.57. The SMILES string of the molecule is Cn1ncnc1NC(=O)c1ccc(S(C)(=O)=O)c(S(C)(=O)=O)c1Cl. The first-order valence-electron chi connectivity index (χ1n) is 6.31. The van der Waals surface area contributed by atoms with Crippen molar-refractivity contribution in [2.24, 2.45) is 7.05 Å². The molecule has 0 atom stereocenters. The Balaban J connectivity index is 2.62. The van der Waals surface area contributed by atoms with E-state index in [-0.39, 0.29) is 11.5 Å². The smallest absolute Gasteiger partial charge is 0.259 e. The number of aromatic nitrogens is 3. The number of amides is 1. The van der Waals surface area contributed by atoms with E-state index in [9.17, 15) is 21.6 Å². The van der Waals surface area contributed by atoms with Gasteiger partial charge in [0.05, 0.1) is 15.5 Å². The maximum atomic E-state index is 12.3. The molecule has 0 fully saturated rings. The van der Waals surface area contributed by atoms with Crippen molar-refractivity contribution in [3.05, 3.63) is 29.0 Å². The minimum atomic E-state index is -4.00. The van der Waals surface area contributed by atoms with E-state index in [1.165, 1.54) is 11.0 Å². The van der Waals surface area contributed by atoms with Gasteiger partial charge in [0.25, 0.3) is 5.91 Å². The molecule has 0 saturated carbocycles. The normalized spacial score (nSPS) is 12.2. The summed E-state index contributed by atoms with van der Waals surface area (Å²) in [7, 11) is -6.32. The van der Waals surface area contributed by atoms with E-state index < -0.39 is 40.4 Å². The number of hydrogen-bond acceptors (Lipinski definition) is 7. The highest BCUT2D eigenvalue weighted by Gasteiger charge is 2.28. The zero-order valence-electron chi connectivity index (χ0n) is 12.8. The summed E-state index contributed by atoms with van der Waals surface area (Å²) >= 11 is 6.03. The lowest BCUT2D eigenvalue weighted by Crippen LogP contribution is -2.18. The number of nitrogens with zero attached hydrogens (tertiary/aromatic N) is 3. The maximum absolute atomic E-state index is 12.3. The fourth-order valence-electron chi connectivity index (χ4n) is 1.93. The topological polar surface area (TPSA) is 128 Å². The van der Waals surface area contributed by atoms with Crippen LogP contribution < -0.4 is 5.32 Å². The summed E-state index contributed by atoms with van der Waals surface area (Å²) in [6.45, 7) is 0. The third-order valence-corrected chi connectivity index (χ3v) is 5.95. The number of halogens is 1. The predicted octanol–water partition coefficient (Wildman–Crippen LogP) is 0.528. The van der Waals surface area contributed by atoms with Gasteiger partial charge in [-0.15, -0.1) is 0 Å². The number of hydrogen-bond donors (Lipinski definition) is 1. The zero-order valence-corrected chi connectivity index (χ0v) is 15.2. The van der Waals surface area contributed by atoms with Gasteiger partial charge < -0.3 is 0 Å². The lowest BCUT2D eigenvalue weighted by atomic mass is 10.2. The number of benzene rings is 1. The second kappa shape index (κ2) is 6.15. The molecule has 0 aliphatic heterocycles. The van der Waals surface area contributed by atoms with Gasteiger partial charge in [-0.05, 0) is 12.1 Å². The lowest BCUT2D eigenvalue weighted by molar-refractivity contribution is 0.102. The molecule has 1 N–H and O–H groups in total. The molecule has 0 aliphatic carbocycles. The van der Waals surface area contributed by atoms with Crippen LogP contribution in [-0.4, -0.2) is 50.0 Å². The molecule has 0 spiro atoms. The highest BCUT2D eigenvalue weighted by atomic mass is 35.5. The minimum Gasteiger partial charge on any atom is -0.291 e. The summed E-state index contributed by atoms with van der Waals surface area (Å²) in [5, 5.41) is 5.71. The van der Waals surface area contributed by atoms with E-state index in [2.05, 4.69) is 15.4 Å². The van der Waals surface area contributed by atoms with E-state index in [0.717, 1.165) is 24.6 Å². The van der Waals surface area contributed by atoms with E-state index in [4.69, 9.17) is 11.6 Å². The zero-order chi connectivity index (χ0) is 18.3. The standard InChI is InChI=1S/C12H13ClN4O5S2/c1-17-12(14-6-15-17)16-11(18)7-4-5-8(23(2,19)20)10(9(7)13)24(3,21)22/h4-6H,1-3H3,(H,14,15,16,18). The Hall–Kier alpha value is -1.98. The van der Waals surface area contributed by atoms with Crippen LogP contribution in [0.2, 0.25) is 5.02 Å². The highest BCUT2D eigenvalue weighted by Crippen LogP contribution is 2.32. The quantitative estimate of drug-likeness (QED) is 0.803. The Morgan fingerprint density at radius 1 is 1.17 bits per heavy atom. The van der Waals surface area contributed by atoms with Crippen molar-refractivity contribution in [1.29, 1.82) is 0 Å². The van der Waals surface area contributed by atoms with Crippen molar-refractivity contribution in [2.75, 3.05) is 17.8 Å². The number of sulfone groups is 2. The molecule has 2 aromatic rings. The molecule has 1 amide bonds. The van der Waals surface area contributed by atoms with Crippen molar-refractivity contribution in [2.45, 2.75) is 9.79 Å². The number of nitrogens with one attached hydrogen (secondary N) is 1. The van der Waals surface area contributed by atoms with E-state index >= 15 is 0 Å². The minimum absolute atomic E-state index is 0.115. The number of aryl methyl sites for hydroxylation is 1. The van der Waals surface area contributed by atoms with Gasteiger partial charge >= 0.3 is 0 Å². The molecule has 1 aromatic heterocycles. The van der Waals surface area contributed by atoms with Crippen LogP contribution in [0.4, 0.5) is 5.95 Å². The second-order valence-electron chi connectivity index (χ2n) is 4.96. The van der Waals surface area contributed by atoms with Crippen LogP contribution in [0.1, 0.15) is 10.4 Å². The summed E-state index contributed by atoms with van der Waals surface area (Å²) in [5.74, 6) is -0.634. The average molecular weight is 393 g/mol. The van der Waals surface area contributed by atoms with Crippen LogP contribution in [0.15, 0.2) is 28.3 Å². The molecule has 0 radical (unpaired) electrons. The molecule has 1 heterocycles. The number of carbonyl (C=O) groups is 1. The fraction of sp³-hybridized carbons (Fsp3) is 0.250. The molecule has 0 saturated heterocycles. The van der Waals surface area contributed by atoms with E-state index in [1.54, 1.807) is 7.05 Å². The van der Waals surface area contributed by atoms with Crippen LogP contribution in [0.3, 0.4) is 0 Å². The monoisotopic (exact) mass is 392 g/mol. The molecule has 130 valence electrons. The lowest BCUT2D eigenvalue weighted by Gasteiger charge is -2.12. The fourth-order valence-corrected chi connectivity index (χ4v) is 5.19. The van der Waals surface area contributed by atoms with Crippen LogP contribution in [0.25, 0.3) is 0 Å². The van der Waals surface area contributed by atoms with Crippen molar-refractivity contribution in [3.63, 3.8) is 0 Å². The second-order valence-corrected chi connectivity index (χ2v) is 9.27. The molecule has 0 unspecified atom stereocenters. The third-order valence-electron chi connectivity index (χ3n) is 3.01. The summed E-state index contributed by atoms with van der Waals surface area (Å²) in [6.07, 6.45) is 2.88. The van der Waals surface area contributed by atoms with Crippen molar-refractivity contribution < 1.29 is 21.6 Å². The Labute approximate surface area is 143 Å². The first-order valence-corrected chi connectivity index (χ1v) is 10.5. The molecular formula is C12H13ClN4O5S2. The molecular weight excluding hydrogens is 380 g/mol. The van der Waals surface area contributed by atoms with E-state index in [1.807, 2.05) is 0 Å². The van der Waals surface area contributed by atoms with Gasteiger partial charge in [0, 0.05) is 19.6 Å². The van der Waals surface area contributed by atoms with Crippen LogP contribution >= 0.6 is 11.6 Å². The highest BCUT2D eigenvalue weighted by molar-refractivity contribution is 7.93. The van der Waals surface area contributed by atoms with Gasteiger partial charge in [0.15, 0.2) is 19.7 Å². The summed E-state index contributed by atoms with van der Waals surface area (Å²) in [4.78, 5) is 15.0. The average Bonchev–Trinajstić information content (AvgIpc) is 2.81. The van der Waals surface area contributed by atoms with Gasteiger partial charge in [0.2, 0.25) is 5.95 Å². The summed E-state index contributed by atoms with van der Waals surface area (Å²) < 4.78 is 48.8. The molecule has 12 heteroatoms. The maximum Gasteiger partial charge on any atom is 0.259 e. The Bertz CT molecular complexity index is 1030. The molecule has 0 bridgehead atoms. The Kier molecular flexibility index (Phi) is 4.70. The first kappa shape index (κ1) is 18.4. The molecule has 0 aliphatic rings. The van der Waals surface area contributed by atoms with Gasteiger partial charge in [-0.25, -0.2) is 21.5 Å². The summed E-state index contributed by atoms with van der Waals surface area (Å²) in [6, 6.07) is 2.17. The van der Waals surface area contributed by atoms with E-state index in [0.29, 0.717) is 0 Å². The first-order chi connectivity index (χ1) is 10.9. The number of anilines is 1. The van der Waals surface area contributed by atoms with Crippen LogP contribution in [-0.2, 0) is 26.7 Å². The molecule has 2 rings (SSSR count). The molecule has 9 nitrogen and oxygen atoms in total. The van der Waals surface area contributed by atoms with Crippen molar-refractivity contribution >= 4 is 43.1 Å². The predicted molar refractivity (Wildman–Crippen MR) is 86.6 cm³/mol. The number of carbonyl (C=O) groups excluding carboxylic acids is 1. The Morgan fingerprint density at radius 2 is 1.79 bits per heavy atom. The van der Waals surface area contributed by atoms with Gasteiger partial charge in [-0.2, -0.15) is 10.1 Å². The number of rotatable bonds is 4. The summed E-state index contributed by atoms with van der Waals surface area (Å²) in [5.41, 5.74) is -0.201. The molecule has 1 aromatic carbocycles. The van der Waals surface area contributed by atoms with Crippen LogP contribution in [0, 0.1) is 0 Å². The molecule has 24 heavy (non-hydrogen) atoms. The van der Waals surface area contributed by atoms with Crippen LogP contribution in [0.5, 0.6) is 0 Å². The van der Waals surface area contributed by atoms with Gasteiger partial charge in [-0.3, -0.25) is 10.1 Å². The van der Waals surface area contributed by atoms with Gasteiger partial charge in [-0.1, -0.05) is 11.6 Å².